The fourth-order valence-electron chi connectivity index (χ4n) is 1.59. The van der Waals surface area contributed by atoms with Crippen molar-refractivity contribution in [3.63, 3.8) is 0 Å². The molecule has 2 N–H and O–H groups in total. The minimum absolute atomic E-state index is 0. The molecule has 0 aliphatic carbocycles. The van der Waals surface area contributed by atoms with Crippen LogP contribution in [0.2, 0.25) is 0 Å². The number of hydrogen-bond donors (Lipinski definition) is 1. The Morgan fingerprint density at radius 1 is 1.42 bits per heavy atom. The van der Waals surface area contributed by atoms with E-state index in [0.717, 1.165) is 10.0 Å². The third kappa shape index (κ3) is 5.51. The molecule has 0 radical (unpaired) electrons. The molecular weight excluding hydrogens is 328 g/mol. The van der Waals surface area contributed by atoms with Gasteiger partial charge in [-0.3, -0.25) is 4.79 Å². The molecule has 0 aliphatic rings. The maximum atomic E-state index is 12.2. The largest absolute Gasteiger partial charge is 0.340 e. The van der Waals surface area contributed by atoms with Crippen molar-refractivity contribution >= 4 is 34.2 Å². The Balaban J connectivity index is 0.00000324. The van der Waals surface area contributed by atoms with Gasteiger partial charge < -0.3 is 10.6 Å². The summed E-state index contributed by atoms with van der Waals surface area (Å²) in [7, 11) is 1.79. The highest BCUT2D eigenvalue weighted by atomic mass is 79.9. The molecule has 0 fully saturated rings. The Morgan fingerprint density at radius 2 is 2.00 bits per heavy atom. The van der Waals surface area contributed by atoms with E-state index in [1.807, 2.05) is 45.0 Å². The van der Waals surface area contributed by atoms with E-state index in [9.17, 15) is 4.79 Å². The van der Waals surface area contributed by atoms with E-state index in [4.69, 9.17) is 5.73 Å². The van der Waals surface area contributed by atoms with Crippen molar-refractivity contribution in [1.82, 2.24) is 4.90 Å². The Morgan fingerprint density at radius 3 is 2.47 bits per heavy atom. The summed E-state index contributed by atoms with van der Waals surface area (Å²) in [5.74, 6) is -0.0255. The van der Waals surface area contributed by atoms with E-state index in [-0.39, 0.29) is 23.7 Å². The van der Waals surface area contributed by atoms with Crippen LogP contribution in [0, 0.1) is 5.41 Å². The standard InChI is InChI=1S/C14H21BrN2O.ClH/c1-14(2,3)12(16)13(18)17(4)9-10-6-5-7-11(15)8-10;/h5-8,12H,9,16H2,1-4H3;1H/t12-;/m1./s1. The van der Waals surface area contributed by atoms with E-state index >= 15 is 0 Å². The number of nitrogens with zero attached hydrogens (tertiary/aromatic N) is 1. The second kappa shape index (κ2) is 7.27. The minimum atomic E-state index is -0.477. The van der Waals surface area contributed by atoms with Crippen molar-refractivity contribution in [1.29, 1.82) is 0 Å². The van der Waals surface area contributed by atoms with Crippen molar-refractivity contribution < 1.29 is 4.79 Å². The molecule has 5 heteroatoms. The van der Waals surface area contributed by atoms with Crippen molar-refractivity contribution in [2.75, 3.05) is 7.05 Å². The van der Waals surface area contributed by atoms with Crippen LogP contribution in [-0.4, -0.2) is 23.9 Å². The normalized spacial score (nSPS) is 12.5. The monoisotopic (exact) mass is 348 g/mol. The number of halogens is 2. The first-order valence-electron chi connectivity index (χ1n) is 5.97. The average molecular weight is 350 g/mol. The highest BCUT2D eigenvalue weighted by Gasteiger charge is 2.29. The maximum absolute atomic E-state index is 12.2. The molecule has 0 saturated carbocycles. The van der Waals surface area contributed by atoms with Crippen LogP contribution >= 0.6 is 28.3 Å². The molecule has 0 unspecified atom stereocenters. The van der Waals surface area contributed by atoms with E-state index in [1.165, 1.54) is 0 Å². The molecule has 1 aromatic carbocycles. The predicted molar refractivity (Wildman–Crippen MR) is 85.3 cm³/mol. The van der Waals surface area contributed by atoms with Gasteiger partial charge in [0.25, 0.3) is 0 Å². The summed E-state index contributed by atoms with van der Waals surface area (Å²) in [6.07, 6.45) is 0. The first kappa shape index (κ1) is 18.4. The summed E-state index contributed by atoms with van der Waals surface area (Å²) in [4.78, 5) is 13.8. The zero-order valence-electron chi connectivity index (χ0n) is 11.8. The van der Waals surface area contributed by atoms with Gasteiger partial charge in [0.15, 0.2) is 0 Å². The lowest BCUT2D eigenvalue weighted by molar-refractivity contribution is -0.134. The summed E-state index contributed by atoms with van der Waals surface area (Å²) in [5, 5.41) is 0. The third-order valence-electron chi connectivity index (χ3n) is 2.88. The molecule has 0 spiro atoms. The lowest BCUT2D eigenvalue weighted by Gasteiger charge is -2.30. The van der Waals surface area contributed by atoms with Crippen molar-refractivity contribution in [2.24, 2.45) is 11.1 Å². The second-order valence-electron chi connectivity index (χ2n) is 5.67. The van der Waals surface area contributed by atoms with Crippen LogP contribution < -0.4 is 5.73 Å². The Bertz CT molecular complexity index is 432. The molecule has 1 rings (SSSR count). The number of likely N-dealkylation sites (N-methyl/N-ethyl adjacent to an activating group) is 1. The molecule has 19 heavy (non-hydrogen) atoms. The number of carbonyl (C=O) groups excluding carboxylic acids is 1. The molecule has 0 heterocycles. The summed E-state index contributed by atoms with van der Waals surface area (Å²) >= 11 is 3.42. The van der Waals surface area contributed by atoms with Crippen molar-refractivity contribution in [3.05, 3.63) is 34.3 Å². The number of amides is 1. The van der Waals surface area contributed by atoms with Crippen molar-refractivity contribution in [3.8, 4) is 0 Å². The molecule has 1 amide bonds. The second-order valence-corrected chi connectivity index (χ2v) is 6.58. The van der Waals surface area contributed by atoms with Gasteiger partial charge >= 0.3 is 0 Å². The van der Waals surface area contributed by atoms with Crippen LogP contribution in [0.25, 0.3) is 0 Å². The van der Waals surface area contributed by atoms with E-state index in [0.29, 0.717) is 6.54 Å². The first-order valence-corrected chi connectivity index (χ1v) is 6.76. The summed E-state index contributed by atoms with van der Waals surface area (Å²) in [6.45, 7) is 6.50. The van der Waals surface area contributed by atoms with Gasteiger partial charge in [0, 0.05) is 18.1 Å². The van der Waals surface area contributed by atoms with Gasteiger partial charge in [-0.2, -0.15) is 0 Å². The molecule has 1 aromatic rings. The molecule has 0 aliphatic heterocycles. The molecule has 0 bridgehead atoms. The van der Waals surface area contributed by atoms with Gasteiger partial charge in [-0.1, -0.05) is 48.8 Å². The van der Waals surface area contributed by atoms with Gasteiger partial charge in [-0.25, -0.2) is 0 Å². The first-order chi connectivity index (χ1) is 8.21. The van der Waals surface area contributed by atoms with Crippen LogP contribution in [0.1, 0.15) is 26.3 Å². The lowest BCUT2D eigenvalue weighted by Crippen LogP contribution is -2.48. The average Bonchev–Trinajstić information content (AvgIpc) is 2.25. The van der Waals surface area contributed by atoms with Gasteiger partial charge in [0.05, 0.1) is 6.04 Å². The molecule has 3 nitrogen and oxygen atoms in total. The molecular formula is C14H22BrClN2O. The number of benzene rings is 1. The number of carbonyl (C=O) groups is 1. The third-order valence-corrected chi connectivity index (χ3v) is 3.38. The molecule has 0 aromatic heterocycles. The number of nitrogens with two attached hydrogens (primary N) is 1. The minimum Gasteiger partial charge on any atom is -0.340 e. The lowest BCUT2D eigenvalue weighted by atomic mass is 9.86. The predicted octanol–water partition coefficient (Wildman–Crippen LogP) is 3.20. The van der Waals surface area contributed by atoms with Crippen LogP contribution in [0.4, 0.5) is 0 Å². The Kier molecular flexibility index (Phi) is 7.05. The Labute approximate surface area is 130 Å². The maximum Gasteiger partial charge on any atom is 0.240 e. The van der Waals surface area contributed by atoms with E-state index in [2.05, 4.69) is 15.9 Å². The van der Waals surface area contributed by atoms with E-state index < -0.39 is 6.04 Å². The fraction of sp³-hybridized carbons (Fsp3) is 0.500. The highest BCUT2D eigenvalue weighted by Crippen LogP contribution is 2.20. The number of rotatable bonds is 3. The van der Waals surface area contributed by atoms with Crippen molar-refractivity contribution in [2.45, 2.75) is 33.4 Å². The number of hydrogen-bond acceptors (Lipinski definition) is 2. The topological polar surface area (TPSA) is 46.3 Å². The molecule has 0 saturated heterocycles. The van der Waals surface area contributed by atoms with Crippen LogP contribution in [0.15, 0.2) is 28.7 Å². The van der Waals surface area contributed by atoms with Gasteiger partial charge in [0.1, 0.15) is 0 Å². The zero-order chi connectivity index (χ0) is 13.9. The quantitative estimate of drug-likeness (QED) is 0.911. The SMILES string of the molecule is CN(Cc1cccc(Br)c1)C(=O)[C@@H](N)C(C)(C)C.Cl. The smallest absolute Gasteiger partial charge is 0.240 e. The van der Waals surface area contributed by atoms with Gasteiger partial charge in [-0.05, 0) is 23.1 Å². The van der Waals surface area contributed by atoms with Crippen LogP contribution in [0.5, 0.6) is 0 Å². The molecule has 108 valence electrons. The van der Waals surface area contributed by atoms with Crippen LogP contribution in [0.3, 0.4) is 0 Å². The highest BCUT2D eigenvalue weighted by molar-refractivity contribution is 9.10. The summed E-state index contributed by atoms with van der Waals surface area (Å²) < 4.78 is 1.01. The molecule has 1 atom stereocenters. The van der Waals surface area contributed by atoms with E-state index in [1.54, 1.807) is 11.9 Å². The Hall–Kier alpha value is -0.580. The van der Waals surface area contributed by atoms with Crippen LogP contribution in [-0.2, 0) is 11.3 Å². The zero-order valence-corrected chi connectivity index (χ0v) is 14.2. The van der Waals surface area contributed by atoms with Gasteiger partial charge in [-0.15, -0.1) is 12.4 Å². The van der Waals surface area contributed by atoms with Gasteiger partial charge in [0.2, 0.25) is 5.91 Å². The fourth-order valence-corrected chi connectivity index (χ4v) is 2.04. The summed E-state index contributed by atoms with van der Waals surface area (Å²) in [5.41, 5.74) is 6.84. The summed E-state index contributed by atoms with van der Waals surface area (Å²) in [6, 6.07) is 7.45.